The molecule has 0 radical (unpaired) electrons. The van der Waals surface area contributed by atoms with E-state index < -0.39 is 0 Å². The van der Waals surface area contributed by atoms with Crippen LogP contribution in [0.2, 0.25) is 0 Å². The topological polar surface area (TPSA) is 57.8 Å². The van der Waals surface area contributed by atoms with Gasteiger partial charge in [-0.3, -0.25) is 4.79 Å². The summed E-state index contributed by atoms with van der Waals surface area (Å²) < 4.78 is 0. The molecule has 4 heteroatoms. The van der Waals surface area contributed by atoms with Crippen molar-refractivity contribution >= 4 is 10.8 Å². The fourth-order valence-corrected chi connectivity index (χ4v) is 2.32. The van der Waals surface area contributed by atoms with E-state index in [0.717, 1.165) is 23.2 Å². The van der Waals surface area contributed by atoms with E-state index >= 15 is 0 Å². The van der Waals surface area contributed by atoms with Gasteiger partial charge in [-0.05, 0) is 18.7 Å². The number of aromatic nitrogens is 2. The quantitative estimate of drug-likeness (QED) is 0.764. The molecule has 0 bridgehead atoms. The largest absolute Gasteiger partial charge is 0.316 e. The van der Waals surface area contributed by atoms with Crippen LogP contribution in [-0.2, 0) is 6.54 Å². The molecule has 3 rings (SSSR count). The van der Waals surface area contributed by atoms with Crippen LogP contribution in [0.25, 0.3) is 22.0 Å². The molecule has 1 aromatic heterocycles. The van der Waals surface area contributed by atoms with Crippen molar-refractivity contribution in [2.45, 2.75) is 6.54 Å². The molecule has 0 saturated carbocycles. The van der Waals surface area contributed by atoms with E-state index in [1.54, 1.807) is 0 Å². The van der Waals surface area contributed by atoms with Gasteiger partial charge in [0.1, 0.15) is 0 Å². The average molecular weight is 265 g/mol. The van der Waals surface area contributed by atoms with E-state index in [4.69, 9.17) is 0 Å². The zero-order chi connectivity index (χ0) is 13.9. The van der Waals surface area contributed by atoms with Crippen molar-refractivity contribution in [3.05, 3.63) is 64.4 Å². The lowest BCUT2D eigenvalue weighted by Crippen LogP contribution is -2.09. The third-order valence-electron chi connectivity index (χ3n) is 3.30. The van der Waals surface area contributed by atoms with Crippen LogP contribution in [0.1, 0.15) is 5.56 Å². The maximum Gasteiger partial charge on any atom is 0.272 e. The highest BCUT2D eigenvalue weighted by Gasteiger charge is 2.07. The molecule has 20 heavy (non-hydrogen) atoms. The van der Waals surface area contributed by atoms with Crippen LogP contribution in [0.5, 0.6) is 0 Å². The van der Waals surface area contributed by atoms with Crippen molar-refractivity contribution in [2.24, 2.45) is 0 Å². The van der Waals surface area contributed by atoms with Gasteiger partial charge in [0.05, 0.1) is 11.1 Å². The fourth-order valence-electron chi connectivity index (χ4n) is 2.32. The number of aromatic amines is 1. The van der Waals surface area contributed by atoms with E-state index in [-0.39, 0.29) is 5.56 Å². The van der Waals surface area contributed by atoms with Crippen molar-refractivity contribution < 1.29 is 0 Å². The first-order chi connectivity index (χ1) is 9.79. The van der Waals surface area contributed by atoms with E-state index in [0.29, 0.717) is 5.39 Å². The number of rotatable bonds is 3. The van der Waals surface area contributed by atoms with Gasteiger partial charge >= 0.3 is 0 Å². The van der Waals surface area contributed by atoms with Gasteiger partial charge < -0.3 is 5.32 Å². The number of fused-ring (bicyclic) bond motifs is 1. The molecule has 2 aromatic carbocycles. The summed E-state index contributed by atoms with van der Waals surface area (Å²) >= 11 is 0. The number of benzene rings is 2. The standard InChI is InChI=1S/C16H15N3O/c1-17-10-11-6-8-12(9-7-11)15-13-4-2-3-5-14(13)16(20)19-18-15/h2-9,17H,10H2,1H3,(H,19,20). The summed E-state index contributed by atoms with van der Waals surface area (Å²) in [6, 6.07) is 15.7. The second kappa shape index (κ2) is 5.27. The molecule has 100 valence electrons. The molecule has 0 spiro atoms. The highest BCUT2D eigenvalue weighted by atomic mass is 16.1. The molecule has 2 N–H and O–H groups in total. The number of H-pyrrole nitrogens is 1. The van der Waals surface area contributed by atoms with Crippen molar-refractivity contribution in [1.82, 2.24) is 15.5 Å². The second-order valence-corrected chi connectivity index (χ2v) is 4.67. The van der Waals surface area contributed by atoms with Gasteiger partial charge in [-0.25, -0.2) is 5.10 Å². The van der Waals surface area contributed by atoms with Crippen molar-refractivity contribution in [3.8, 4) is 11.3 Å². The van der Waals surface area contributed by atoms with Gasteiger partial charge in [0.15, 0.2) is 0 Å². The summed E-state index contributed by atoms with van der Waals surface area (Å²) in [5.74, 6) is 0. The van der Waals surface area contributed by atoms with Gasteiger partial charge in [-0.2, -0.15) is 5.10 Å². The van der Waals surface area contributed by atoms with Gasteiger partial charge in [0, 0.05) is 17.5 Å². The number of nitrogens with zero attached hydrogens (tertiary/aromatic N) is 1. The number of nitrogens with one attached hydrogen (secondary N) is 2. The fraction of sp³-hybridized carbons (Fsp3) is 0.125. The van der Waals surface area contributed by atoms with Crippen LogP contribution in [0.3, 0.4) is 0 Å². The van der Waals surface area contributed by atoms with Crippen LogP contribution in [0.4, 0.5) is 0 Å². The molecule has 0 aliphatic carbocycles. The third-order valence-corrected chi connectivity index (χ3v) is 3.30. The summed E-state index contributed by atoms with van der Waals surface area (Å²) in [7, 11) is 1.92. The summed E-state index contributed by atoms with van der Waals surface area (Å²) in [5, 5.41) is 11.4. The summed E-state index contributed by atoms with van der Waals surface area (Å²) in [5.41, 5.74) is 2.86. The Kier molecular flexibility index (Phi) is 3.31. The highest BCUT2D eigenvalue weighted by molar-refractivity contribution is 5.93. The SMILES string of the molecule is CNCc1ccc(-c2n[nH]c(=O)c3ccccc23)cc1. The molecule has 0 unspecified atom stereocenters. The lowest BCUT2D eigenvalue weighted by atomic mass is 10.0. The van der Waals surface area contributed by atoms with Crippen LogP contribution in [-0.4, -0.2) is 17.2 Å². The Hall–Kier alpha value is -2.46. The predicted octanol–water partition coefficient (Wildman–Crippen LogP) is 2.31. The molecule has 1 heterocycles. The summed E-state index contributed by atoms with van der Waals surface area (Å²) in [4.78, 5) is 11.8. The van der Waals surface area contributed by atoms with E-state index in [2.05, 4.69) is 27.6 Å². The van der Waals surface area contributed by atoms with Gasteiger partial charge in [-0.15, -0.1) is 0 Å². The van der Waals surface area contributed by atoms with Crippen molar-refractivity contribution in [1.29, 1.82) is 0 Å². The molecule has 3 aromatic rings. The molecule has 0 amide bonds. The van der Waals surface area contributed by atoms with Crippen molar-refractivity contribution in [3.63, 3.8) is 0 Å². The minimum absolute atomic E-state index is 0.156. The Morgan fingerprint density at radius 1 is 1.05 bits per heavy atom. The van der Waals surface area contributed by atoms with Crippen LogP contribution < -0.4 is 10.9 Å². The number of hydrogen-bond donors (Lipinski definition) is 2. The molecule has 0 atom stereocenters. The van der Waals surface area contributed by atoms with Crippen LogP contribution in [0, 0.1) is 0 Å². The average Bonchev–Trinajstić information content (AvgIpc) is 2.49. The van der Waals surface area contributed by atoms with Crippen molar-refractivity contribution in [2.75, 3.05) is 7.05 Å². The Morgan fingerprint density at radius 2 is 1.75 bits per heavy atom. The first-order valence-corrected chi connectivity index (χ1v) is 6.51. The Balaban J connectivity index is 2.15. The molecular formula is C16H15N3O. The summed E-state index contributed by atoms with van der Waals surface area (Å²) in [6.07, 6.45) is 0. The molecule has 0 aliphatic rings. The van der Waals surface area contributed by atoms with Gasteiger partial charge in [0.25, 0.3) is 5.56 Å². The molecule has 0 aliphatic heterocycles. The second-order valence-electron chi connectivity index (χ2n) is 4.67. The molecule has 0 fully saturated rings. The predicted molar refractivity (Wildman–Crippen MR) is 80.6 cm³/mol. The third kappa shape index (κ3) is 2.21. The lowest BCUT2D eigenvalue weighted by molar-refractivity contribution is 0.818. The normalized spacial score (nSPS) is 10.8. The molecule has 0 saturated heterocycles. The zero-order valence-electron chi connectivity index (χ0n) is 11.2. The van der Waals surface area contributed by atoms with Crippen LogP contribution >= 0.6 is 0 Å². The van der Waals surface area contributed by atoms with Gasteiger partial charge in [0.2, 0.25) is 0 Å². The Labute approximate surface area is 116 Å². The van der Waals surface area contributed by atoms with E-state index in [1.165, 1.54) is 5.56 Å². The lowest BCUT2D eigenvalue weighted by Gasteiger charge is -2.06. The molecule has 4 nitrogen and oxygen atoms in total. The monoisotopic (exact) mass is 265 g/mol. The maximum absolute atomic E-state index is 11.8. The van der Waals surface area contributed by atoms with E-state index in [1.807, 2.05) is 43.4 Å². The smallest absolute Gasteiger partial charge is 0.272 e. The zero-order valence-corrected chi connectivity index (χ0v) is 11.2. The van der Waals surface area contributed by atoms with Crippen LogP contribution in [0.15, 0.2) is 53.3 Å². The molecular weight excluding hydrogens is 250 g/mol. The first-order valence-electron chi connectivity index (χ1n) is 6.51. The van der Waals surface area contributed by atoms with Gasteiger partial charge in [-0.1, -0.05) is 42.5 Å². The minimum Gasteiger partial charge on any atom is -0.316 e. The first kappa shape index (κ1) is 12.6. The summed E-state index contributed by atoms with van der Waals surface area (Å²) in [6.45, 7) is 0.833. The van der Waals surface area contributed by atoms with E-state index in [9.17, 15) is 4.79 Å². The number of hydrogen-bond acceptors (Lipinski definition) is 3. The maximum atomic E-state index is 11.8. The highest BCUT2D eigenvalue weighted by Crippen LogP contribution is 2.24. The minimum atomic E-state index is -0.156. The Bertz CT molecular complexity index is 791. The Morgan fingerprint density at radius 3 is 2.45 bits per heavy atom.